The van der Waals surface area contributed by atoms with Crippen LogP contribution in [0.1, 0.15) is 51.6 Å². The van der Waals surface area contributed by atoms with Gasteiger partial charge in [0.25, 0.3) is 5.91 Å². The number of rotatable bonds is 3. The number of ether oxygens (including phenoxy) is 3. The average molecular weight is 381 g/mol. The van der Waals surface area contributed by atoms with E-state index in [0.717, 1.165) is 36.3 Å². The number of hydrogen-bond donors (Lipinski definition) is 0. The predicted molar refractivity (Wildman–Crippen MR) is 103 cm³/mol. The monoisotopic (exact) mass is 381 g/mol. The van der Waals surface area contributed by atoms with Gasteiger partial charge in [0.15, 0.2) is 11.5 Å². The van der Waals surface area contributed by atoms with Gasteiger partial charge in [-0.1, -0.05) is 6.07 Å². The molecule has 4 rings (SSSR count). The Morgan fingerprint density at radius 2 is 1.68 bits per heavy atom. The number of hydrogen-bond acceptors (Lipinski definition) is 5. The van der Waals surface area contributed by atoms with Crippen LogP contribution in [0.25, 0.3) is 0 Å². The van der Waals surface area contributed by atoms with Crippen LogP contribution in [0.15, 0.2) is 42.5 Å². The summed E-state index contributed by atoms with van der Waals surface area (Å²) in [6.07, 6.45) is 2.72. The van der Waals surface area contributed by atoms with Gasteiger partial charge in [-0.25, -0.2) is 4.79 Å². The molecule has 6 heteroatoms. The lowest BCUT2D eigenvalue weighted by Gasteiger charge is -2.26. The molecule has 0 aromatic heterocycles. The van der Waals surface area contributed by atoms with Crippen molar-refractivity contribution >= 4 is 11.9 Å². The minimum Gasteiger partial charge on any atom is -0.490 e. The highest BCUT2D eigenvalue weighted by Gasteiger charge is 2.31. The van der Waals surface area contributed by atoms with Gasteiger partial charge in [0, 0.05) is 18.5 Å². The summed E-state index contributed by atoms with van der Waals surface area (Å²) in [4.78, 5) is 26.6. The summed E-state index contributed by atoms with van der Waals surface area (Å²) in [7, 11) is 1.34. The number of carbonyl (C=O) groups excluding carboxylic acids is 2. The smallest absolute Gasteiger partial charge is 0.337 e. The second-order valence-corrected chi connectivity index (χ2v) is 6.98. The first-order chi connectivity index (χ1) is 13.7. The van der Waals surface area contributed by atoms with Crippen LogP contribution in [0.5, 0.6) is 11.5 Å². The highest BCUT2D eigenvalue weighted by Crippen LogP contribution is 2.38. The van der Waals surface area contributed by atoms with Crippen molar-refractivity contribution in [3.63, 3.8) is 0 Å². The van der Waals surface area contributed by atoms with Gasteiger partial charge in [0.2, 0.25) is 0 Å². The molecule has 1 fully saturated rings. The third-order valence-corrected chi connectivity index (χ3v) is 5.22. The Kier molecular flexibility index (Phi) is 5.19. The lowest BCUT2D eigenvalue weighted by molar-refractivity contribution is 0.0599. The topological polar surface area (TPSA) is 65.1 Å². The molecule has 146 valence electrons. The molecular weight excluding hydrogens is 358 g/mol. The van der Waals surface area contributed by atoms with Crippen LogP contribution >= 0.6 is 0 Å². The highest BCUT2D eigenvalue weighted by molar-refractivity contribution is 5.96. The molecule has 0 bridgehead atoms. The van der Waals surface area contributed by atoms with Crippen LogP contribution < -0.4 is 9.47 Å². The van der Waals surface area contributed by atoms with Gasteiger partial charge < -0.3 is 19.1 Å². The van der Waals surface area contributed by atoms with E-state index in [0.29, 0.717) is 30.9 Å². The molecule has 2 aromatic rings. The van der Waals surface area contributed by atoms with Crippen LogP contribution in [0.3, 0.4) is 0 Å². The second kappa shape index (κ2) is 7.92. The summed E-state index contributed by atoms with van der Waals surface area (Å²) in [5.74, 6) is 1.06. The molecule has 0 N–H and O–H groups in total. The maximum Gasteiger partial charge on any atom is 0.337 e. The van der Waals surface area contributed by atoms with E-state index in [1.54, 1.807) is 24.3 Å². The number of amides is 1. The number of fused-ring (bicyclic) bond motifs is 1. The van der Waals surface area contributed by atoms with Crippen molar-refractivity contribution in [3.05, 3.63) is 59.2 Å². The Bertz CT molecular complexity index is 877. The summed E-state index contributed by atoms with van der Waals surface area (Å²) >= 11 is 0. The Hall–Kier alpha value is -3.02. The maximum atomic E-state index is 13.1. The van der Waals surface area contributed by atoms with Gasteiger partial charge >= 0.3 is 5.97 Å². The predicted octanol–water partition coefficient (Wildman–Crippen LogP) is 3.61. The lowest BCUT2D eigenvalue weighted by atomic mass is 10.0. The Morgan fingerprint density at radius 1 is 0.964 bits per heavy atom. The first-order valence-corrected chi connectivity index (χ1v) is 9.56. The molecule has 6 nitrogen and oxygen atoms in total. The maximum absolute atomic E-state index is 13.1. The molecule has 1 atom stereocenters. The third-order valence-electron chi connectivity index (χ3n) is 5.22. The van der Waals surface area contributed by atoms with Crippen LogP contribution in [0, 0.1) is 0 Å². The van der Waals surface area contributed by atoms with E-state index in [1.807, 2.05) is 23.1 Å². The van der Waals surface area contributed by atoms with Crippen molar-refractivity contribution in [2.75, 3.05) is 26.9 Å². The standard InChI is InChI=1S/C22H23NO5/c1-26-22(25)16-7-5-15(6-8-16)21(24)23-11-2-4-18(23)17-9-10-19-20(14-17)28-13-3-12-27-19/h5-10,14,18H,2-4,11-13H2,1H3/t18-/m0/s1. The molecule has 0 aliphatic carbocycles. The van der Waals surface area contributed by atoms with Crippen molar-refractivity contribution in [2.45, 2.75) is 25.3 Å². The van der Waals surface area contributed by atoms with Crippen LogP contribution in [0.4, 0.5) is 0 Å². The molecule has 0 radical (unpaired) electrons. The fourth-order valence-electron chi connectivity index (χ4n) is 3.78. The molecule has 1 saturated heterocycles. The zero-order valence-corrected chi connectivity index (χ0v) is 15.8. The molecule has 2 heterocycles. The molecule has 0 unspecified atom stereocenters. The second-order valence-electron chi connectivity index (χ2n) is 6.98. The Balaban J connectivity index is 1.55. The normalized spacial score (nSPS) is 18.5. The number of esters is 1. The molecular formula is C22H23NO5. The molecule has 0 saturated carbocycles. The summed E-state index contributed by atoms with van der Waals surface area (Å²) in [6.45, 7) is 1.99. The lowest BCUT2D eigenvalue weighted by Crippen LogP contribution is -2.30. The number of benzene rings is 2. The van der Waals surface area contributed by atoms with E-state index in [9.17, 15) is 9.59 Å². The first kappa shape index (κ1) is 18.3. The van der Waals surface area contributed by atoms with E-state index in [4.69, 9.17) is 14.2 Å². The van der Waals surface area contributed by atoms with E-state index in [1.165, 1.54) is 7.11 Å². The molecule has 2 aromatic carbocycles. The number of likely N-dealkylation sites (tertiary alicyclic amines) is 1. The molecule has 1 amide bonds. The van der Waals surface area contributed by atoms with Crippen molar-refractivity contribution < 1.29 is 23.8 Å². The van der Waals surface area contributed by atoms with Crippen molar-refractivity contribution in [3.8, 4) is 11.5 Å². The van der Waals surface area contributed by atoms with Gasteiger partial charge in [-0.2, -0.15) is 0 Å². The molecule has 2 aliphatic heterocycles. The van der Waals surface area contributed by atoms with Gasteiger partial charge in [-0.3, -0.25) is 4.79 Å². The van der Waals surface area contributed by atoms with Gasteiger partial charge in [0.1, 0.15) is 0 Å². The van der Waals surface area contributed by atoms with Crippen LogP contribution in [-0.4, -0.2) is 43.6 Å². The fourth-order valence-corrected chi connectivity index (χ4v) is 3.78. The van der Waals surface area contributed by atoms with Crippen LogP contribution in [0.2, 0.25) is 0 Å². The third kappa shape index (κ3) is 3.54. The van der Waals surface area contributed by atoms with Gasteiger partial charge in [-0.05, 0) is 54.8 Å². The summed E-state index contributed by atoms with van der Waals surface area (Å²) in [5.41, 5.74) is 2.05. The average Bonchev–Trinajstić information content (AvgIpc) is 3.11. The zero-order chi connectivity index (χ0) is 19.5. The fraction of sp³-hybridized carbons (Fsp3) is 0.364. The van der Waals surface area contributed by atoms with Crippen molar-refractivity contribution in [1.29, 1.82) is 0 Å². The van der Waals surface area contributed by atoms with Crippen molar-refractivity contribution in [1.82, 2.24) is 4.90 Å². The molecule has 0 spiro atoms. The summed E-state index contributed by atoms with van der Waals surface area (Å²) in [5, 5.41) is 0. The molecule has 28 heavy (non-hydrogen) atoms. The largest absolute Gasteiger partial charge is 0.490 e. The van der Waals surface area contributed by atoms with Gasteiger partial charge in [-0.15, -0.1) is 0 Å². The van der Waals surface area contributed by atoms with E-state index in [2.05, 4.69) is 0 Å². The van der Waals surface area contributed by atoms with Gasteiger partial charge in [0.05, 0.1) is 31.9 Å². The summed E-state index contributed by atoms with van der Waals surface area (Å²) < 4.78 is 16.2. The Labute approximate surface area is 164 Å². The number of carbonyl (C=O) groups is 2. The SMILES string of the molecule is COC(=O)c1ccc(C(=O)N2CCC[C@H]2c2ccc3c(c2)OCCCO3)cc1. The van der Waals surface area contributed by atoms with E-state index < -0.39 is 5.97 Å². The zero-order valence-electron chi connectivity index (χ0n) is 15.8. The van der Waals surface area contributed by atoms with E-state index in [-0.39, 0.29) is 11.9 Å². The highest BCUT2D eigenvalue weighted by atomic mass is 16.5. The van der Waals surface area contributed by atoms with Crippen molar-refractivity contribution in [2.24, 2.45) is 0 Å². The quantitative estimate of drug-likeness (QED) is 0.760. The summed E-state index contributed by atoms with van der Waals surface area (Å²) in [6, 6.07) is 12.6. The minimum absolute atomic E-state index is 0.00457. The number of nitrogens with zero attached hydrogens (tertiary/aromatic N) is 1. The van der Waals surface area contributed by atoms with E-state index >= 15 is 0 Å². The molecule has 2 aliphatic rings. The number of methoxy groups -OCH3 is 1. The van der Waals surface area contributed by atoms with Crippen LogP contribution in [-0.2, 0) is 4.74 Å². The Morgan fingerprint density at radius 3 is 2.43 bits per heavy atom. The first-order valence-electron chi connectivity index (χ1n) is 9.56. The minimum atomic E-state index is -0.412.